The molecule has 2 unspecified atom stereocenters. The molecule has 0 spiro atoms. The van der Waals surface area contributed by atoms with Gasteiger partial charge in [0.1, 0.15) is 0 Å². The lowest BCUT2D eigenvalue weighted by molar-refractivity contribution is -0.0444. The average molecular weight is 256 g/mol. The molecular weight excluding hydrogens is 240 g/mol. The fraction of sp³-hybridized carbons (Fsp3) is 0.700. The maximum absolute atomic E-state index is 12.3. The number of nitrogens with zero attached hydrogens (tertiary/aromatic N) is 3. The lowest BCUT2D eigenvalue weighted by Gasteiger charge is -2.37. The SMILES string of the molecule is CCC1COC(C)CN1C(=O)c1nnc(N)s1. The van der Waals surface area contributed by atoms with Gasteiger partial charge in [0, 0.05) is 6.54 Å². The number of rotatable bonds is 2. The second-order valence-corrected chi connectivity index (χ2v) is 5.12. The van der Waals surface area contributed by atoms with Gasteiger partial charge in [0.2, 0.25) is 10.1 Å². The number of carbonyl (C=O) groups is 1. The Labute approximate surface area is 104 Å². The highest BCUT2D eigenvalue weighted by Crippen LogP contribution is 2.20. The van der Waals surface area contributed by atoms with Gasteiger partial charge in [-0.15, -0.1) is 10.2 Å². The Balaban J connectivity index is 2.16. The molecule has 1 aromatic heterocycles. The van der Waals surface area contributed by atoms with Crippen molar-refractivity contribution < 1.29 is 9.53 Å². The molecule has 1 aromatic rings. The standard InChI is InChI=1S/C10H16N4O2S/c1-3-7-5-16-6(2)4-14(7)9(15)8-12-13-10(11)17-8/h6-7H,3-5H2,1-2H3,(H2,11,13). The van der Waals surface area contributed by atoms with E-state index in [4.69, 9.17) is 10.5 Å². The van der Waals surface area contributed by atoms with Crippen molar-refractivity contribution in [3.63, 3.8) is 0 Å². The number of nitrogens with two attached hydrogens (primary N) is 1. The van der Waals surface area contributed by atoms with Crippen LogP contribution < -0.4 is 5.73 Å². The van der Waals surface area contributed by atoms with Crippen LogP contribution >= 0.6 is 11.3 Å². The molecule has 2 rings (SSSR count). The first-order valence-electron chi connectivity index (χ1n) is 5.63. The summed E-state index contributed by atoms with van der Waals surface area (Å²) in [5.74, 6) is -0.0961. The Morgan fingerprint density at radius 2 is 2.41 bits per heavy atom. The summed E-state index contributed by atoms with van der Waals surface area (Å²) in [5, 5.41) is 8.14. The van der Waals surface area contributed by atoms with Crippen LogP contribution in [0.2, 0.25) is 0 Å². The second kappa shape index (κ2) is 4.97. The van der Waals surface area contributed by atoms with Crippen LogP contribution in [0, 0.1) is 0 Å². The van der Waals surface area contributed by atoms with Crippen LogP contribution in [0.5, 0.6) is 0 Å². The van der Waals surface area contributed by atoms with Gasteiger partial charge in [0.15, 0.2) is 0 Å². The molecule has 7 heteroatoms. The summed E-state index contributed by atoms with van der Waals surface area (Å²) >= 11 is 1.13. The summed E-state index contributed by atoms with van der Waals surface area (Å²) in [5.41, 5.74) is 5.49. The molecule has 17 heavy (non-hydrogen) atoms. The molecule has 1 fully saturated rings. The number of anilines is 1. The van der Waals surface area contributed by atoms with Gasteiger partial charge in [-0.25, -0.2) is 0 Å². The topological polar surface area (TPSA) is 81.3 Å². The van der Waals surface area contributed by atoms with E-state index in [0.717, 1.165) is 17.8 Å². The fourth-order valence-corrected chi connectivity index (χ4v) is 2.44. The van der Waals surface area contributed by atoms with Gasteiger partial charge < -0.3 is 15.4 Å². The van der Waals surface area contributed by atoms with Crippen LogP contribution in [0.25, 0.3) is 0 Å². The highest BCUT2D eigenvalue weighted by atomic mass is 32.1. The van der Waals surface area contributed by atoms with Crippen LogP contribution in [0.1, 0.15) is 30.1 Å². The minimum atomic E-state index is -0.0961. The molecule has 0 radical (unpaired) electrons. The van der Waals surface area contributed by atoms with Crippen LogP contribution in [-0.4, -0.2) is 46.3 Å². The van der Waals surface area contributed by atoms with Gasteiger partial charge >= 0.3 is 0 Å². The molecule has 2 N–H and O–H groups in total. The maximum atomic E-state index is 12.3. The van der Waals surface area contributed by atoms with E-state index in [2.05, 4.69) is 10.2 Å². The molecule has 94 valence electrons. The van der Waals surface area contributed by atoms with Crippen molar-refractivity contribution in [3.8, 4) is 0 Å². The van der Waals surface area contributed by atoms with E-state index in [1.807, 2.05) is 18.7 Å². The zero-order chi connectivity index (χ0) is 12.4. The average Bonchev–Trinajstić information content (AvgIpc) is 2.75. The minimum absolute atomic E-state index is 0.0621. The lowest BCUT2D eigenvalue weighted by Crippen LogP contribution is -2.51. The first-order valence-corrected chi connectivity index (χ1v) is 6.45. The minimum Gasteiger partial charge on any atom is -0.375 e. The van der Waals surface area contributed by atoms with Crippen molar-refractivity contribution in [3.05, 3.63) is 5.01 Å². The summed E-state index contributed by atoms with van der Waals surface area (Å²) in [6, 6.07) is 0.115. The Morgan fingerprint density at radius 1 is 1.65 bits per heavy atom. The van der Waals surface area contributed by atoms with Gasteiger partial charge in [-0.2, -0.15) is 0 Å². The van der Waals surface area contributed by atoms with Crippen molar-refractivity contribution in [1.82, 2.24) is 15.1 Å². The molecular formula is C10H16N4O2S. The van der Waals surface area contributed by atoms with E-state index in [0.29, 0.717) is 23.3 Å². The van der Waals surface area contributed by atoms with Gasteiger partial charge in [-0.3, -0.25) is 4.79 Å². The smallest absolute Gasteiger partial charge is 0.285 e. The van der Waals surface area contributed by atoms with Crippen LogP contribution in [0.4, 0.5) is 5.13 Å². The van der Waals surface area contributed by atoms with Gasteiger partial charge in [0.25, 0.3) is 5.91 Å². The molecule has 0 aliphatic carbocycles. The molecule has 6 nitrogen and oxygen atoms in total. The molecule has 2 heterocycles. The normalized spacial score (nSPS) is 24.9. The Kier molecular flexibility index (Phi) is 3.58. The maximum Gasteiger partial charge on any atom is 0.285 e. The van der Waals surface area contributed by atoms with Crippen molar-refractivity contribution in [1.29, 1.82) is 0 Å². The number of carbonyl (C=O) groups excluding carboxylic acids is 1. The highest BCUT2D eigenvalue weighted by molar-refractivity contribution is 7.16. The molecule has 1 aliphatic rings. The number of nitrogen functional groups attached to an aromatic ring is 1. The summed E-state index contributed by atoms with van der Waals surface area (Å²) in [6.45, 7) is 5.17. The second-order valence-electron chi connectivity index (χ2n) is 4.11. The third kappa shape index (κ3) is 2.55. The van der Waals surface area contributed by atoms with Crippen molar-refractivity contribution in [2.24, 2.45) is 0 Å². The van der Waals surface area contributed by atoms with Crippen molar-refractivity contribution >= 4 is 22.4 Å². The molecule has 1 saturated heterocycles. The molecule has 2 atom stereocenters. The number of amides is 1. The number of aromatic nitrogens is 2. The summed E-state index contributed by atoms with van der Waals surface area (Å²) < 4.78 is 5.55. The van der Waals surface area contributed by atoms with E-state index < -0.39 is 0 Å². The van der Waals surface area contributed by atoms with E-state index in [-0.39, 0.29) is 18.1 Å². The van der Waals surface area contributed by atoms with Gasteiger partial charge in [-0.05, 0) is 13.3 Å². The molecule has 0 aromatic carbocycles. The quantitative estimate of drug-likeness (QED) is 0.844. The Hall–Kier alpha value is -1.21. The van der Waals surface area contributed by atoms with Gasteiger partial charge in [0.05, 0.1) is 18.8 Å². The summed E-state index contributed by atoms with van der Waals surface area (Å²) in [4.78, 5) is 14.1. The Bertz CT molecular complexity index is 409. The predicted octanol–water partition coefficient (Wildman–Crippen LogP) is 0.760. The highest BCUT2D eigenvalue weighted by Gasteiger charge is 2.31. The number of hydrogen-bond acceptors (Lipinski definition) is 6. The summed E-state index contributed by atoms with van der Waals surface area (Å²) in [7, 11) is 0. The van der Waals surface area contributed by atoms with E-state index in [1.54, 1.807) is 0 Å². The number of morpholine rings is 1. The molecule has 0 bridgehead atoms. The number of hydrogen-bond donors (Lipinski definition) is 1. The molecule has 0 saturated carbocycles. The monoisotopic (exact) mass is 256 g/mol. The third-order valence-corrected chi connectivity index (χ3v) is 3.56. The van der Waals surface area contributed by atoms with E-state index >= 15 is 0 Å². The zero-order valence-corrected chi connectivity index (χ0v) is 10.7. The zero-order valence-electron chi connectivity index (χ0n) is 9.92. The van der Waals surface area contributed by atoms with E-state index in [9.17, 15) is 4.79 Å². The van der Waals surface area contributed by atoms with Crippen LogP contribution in [0.15, 0.2) is 0 Å². The lowest BCUT2D eigenvalue weighted by atomic mass is 10.1. The first-order chi connectivity index (χ1) is 8.11. The Morgan fingerprint density at radius 3 is 3.00 bits per heavy atom. The van der Waals surface area contributed by atoms with E-state index in [1.165, 1.54) is 0 Å². The van der Waals surface area contributed by atoms with Crippen molar-refractivity contribution in [2.45, 2.75) is 32.4 Å². The molecule has 1 aliphatic heterocycles. The first kappa shape index (κ1) is 12.3. The summed E-state index contributed by atoms with van der Waals surface area (Å²) in [6.07, 6.45) is 0.930. The predicted molar refractivity (Wildman–Crippen MR) is 64.9 cm³/mol. The van der Waals surface area contributed by atoms with Gasteiger partial charge in [-0.1, -0.05) is 18.3 Å². The fourth-order valence-electron chi connectivity index (χ4n) is 1.87. The third-order valence-electron chi connectivity index (χ3n) is 2.82. The van der Waals surface area contributed by atoms with Crippen LogP contribution in [-0.2, 0) is 4.74 Å². The largest absolute Gasteiger partial charge is 0.375 e. The van der Waals surface area contributed by atoms with Crippen LogP contribution in [0.3, 0.4) is 0 Å². The van der Waals surface area contributed by atoms with Crippen molar-refractivity contribution in [2.75, 3.05) is 18.9 Å². The molecule has 1 amide bonds. The number of ether oxygens (including phenoxy) is 1.